The molecule has 1 aromatic carbocycles. The summed E-state index contributed by atoms with van der Waals surface area (Å²) in [5, 5.41) is 3.06. The van der Waals surface area contributed by atoms with E-state index in [1.165, 1.54) is 30.4 Å². The van der Waals surface area contributed by atoms with Crippen LogP contribution in [0.2, 0.25) is 0 Å². The highest BCUT2D eigenvalue weighted by Crippen LogP contribution is 2.21. The van der Waals surface area contributed by atoms with Gasteiger partial charge in [-0.1, -0.05) is 30.7 Å². The molecule has 1 amide bonds. The minimum Gasteiger partial charge on any atom is -0.381 e. The fourth-order valence-corrected chi connectivity index (χ4v) is 3.81. The molecule has 1 unspecified atom stereocenters. The lowest BCUT2D eigenvalue weighted by molar-refractivity contribution is -0.129. The van der Waals surface area contributed by atoms with Crippen molar-refractivity contribution in [2.75, 3.05) is 19.8 Å². The van der Waals surface area contributed by atoms with Gasteiger partial charge in [0.05, 0.1) is 5.54 Å². The molecule has 3 N–H and O–H groups in total. The van der Waals surface area contributed by atoms with Gasteiger partial charge in [0.25, 0.3) is 0 Å². The van der Waals surface area contributed by atoms with Gasteiger partial charge in [-0.3, -0.25) is 9.69 Å². The fourth-order valence-electron chi connectivity index (χ4n) is 3.81. The fraction of sp³-hybridized carbons (Fsp3) is 0.650. The van der Waals surface area contributed by atoms with E-state index in [0.717, 1.165) is 13.1 Å². The summed E-state index contributed by atoms with van der Waals surface area (Å²) < 4.78 is 5.33. The first-order valence-electron chi connectivity index (χ1n) is 9.54. The number of nitrogens with two attached hydrogens (primary N) is 1. The topological polar surface area (TPSA) is 67.6 Å². The van der Waals surface area contributed by atoms with E-state index in [4.69, 9.17) is 10.5 Å². The Morgan fingerprint density at radius 1 is 1.22 bits per heavy atom. The molecule has 1 aromatic rings. The van der Waals surface area contributed by atoms with Gasteiger partial charge >= 0.3 is 0 Å². The Bertz CT molecular complexity index is 594. The Hall–Kier alpha value is -0.850. The molecule has 0 bridgehead atoms. The van der Waals surface area contributed by atoms with Crippen molar-refractivity contribution < 1.29 is 9.53 Å². The first kappa shape index (κ1) is 24.2. The minimum atomic E-state index is -0.783. The van der Waals surface area contributed by atoms with Gasteiger partial charge in [0.15, 0.2) is 0 Å². The number of halogens is 2. The predicted octanol–water partition coefficient (Wildman–Crippen LogP) is 3.03. The minimum absolute atomic E-state index is 0. The van der Waals surface area contributed by atoms with Crippen LogP contribution in [-0.4, -0.2) is 42.1 Å². The lowest BCUT2D eigenvalue weighted by Gasteiger charge is -2.34. The molecule has 2 aliphatic heterocycles. The Balaban J connectivity index is 0.00000182. The van der Waals surface area contributed by atoms with Crippen molar-refractivity contribution in [3.8, 4) is 0 Å². The molecular weight excluding hydrogens is 385 g/mol. The largest absolute Gasteiger partial charge is 0.381 e. The van der Waals surface area contributed by atoms with Crippen LogP contribution in [0.4, 0.5) is 0 Å². The highest BCUT2D eigenvalue weighted by atomic mass is 35.5. The summed E-state index contributed by atoms with van der Waals surface area (Å²) in [5.41, 5.74) is 7.97. The molecule has 0 saturated carbocycles. The lowest BCUT2D eigenvalue weighted by Crippen LogP contribution is -2.56. The summed E-state index contributed by atoms with van der Waals surface area (Å²) in [4.78, 5) is 15.1. The lowest BCUT2D eigenvalue weighted by atomic mass is 9.90. The average Bonchev–Trinajstić information content (AvgIpc) is 2.63. The average molecular weight is 418 g/mol. The molecule has 0 aliphatic carbocycles. The Labute approximate surface area is 175 Å². The smallest absolute Gasteiger partial charge is 0.240 e. The number of carbonyl (C=O) groups is 1. The van der Waals surface area contributed by atoms with Crippen LogP contribution >= 0.6 is 24.8 Å². The molecule has 2 heterocycles. The van der Waals surface area contributed by atoms with Crippen LogP contribution in [0.15, 0.2) is 24.3 Å². The van der Waals surface area contributed by atoms with Gasteiger partial charge in [0, 0.05) is 32.3 Å². The predicted molar refractivity (Wildman–Crippen MR) is 113 cm³/mol. The molecule has 0 spiro atoms. The highest BCUT2D eigenvalue weighted by Gasteiger charge is 2.35. The number of nitrogens with zero attached hydrogens (tertiary/aromatic N) is 1. The number of ether oxygens (including phenoxy) is 1. The molecule has 2 saturated heterocycles. The molecule has 3 rings (SSSR count). The number of nitrogens with one attached hydrogen (secondary N) is 1. The van der Waals surface area contributed by atoms with Crippen molar-refractivity contribution in [2.45, 2.75) is 63.7 Å². The van der Waals surface area contributed by atoms with Gasteiger partial charge in [0.2, 0.25) is 5.91 Å². The standard InChI is InChI=1S/C20H31N3O2.2ClH/c1-16-6-4-5-11-23(16)15-18-8-3-2-7-17(18)14-22-19(24)20(21)9-12-25-13-10-20;;/h2-3,7-8,16H,4-6,9-15,21H2,1H3,(H,22,24);2*1H. The van der Waals surface area contributed by atoms with Crippen molar-refractivity contribution in [3.63, 3.8) is 0 Å². The molecule has 0 radical (unpaired) electrons. The molecule has 154 valence electrons. The van der Waals surface area contributed by atoms with E-state index in [0.29, 0.717) is 38.6 Å². The van der Waals surface area contributed by atoms with Gasteiger partial charge in [-0.2, -0.15) is 0 Å². The zero-order valence-electron chi connectivity index (χ0n) is 16.1. The van der Waals surface area contributed by atoms with E-state index in [2.05, 4.69) is 35.3 Å². The van der Waals surface area contributed by atoms with Crippen LogP contribution in [0.5, 0.6) is 0 Å². The molecule has 0 aromatic heterocycles. The number of likely N-dealkylation sites (tertiary alicyclic amines) is 1. The van der Waals surface area contributed by atoms with Crippen LogP contribution in [0, 0.1) is 0 Å². The maximum atomic E-state index is 12.5. The van der Waals surface area contributed by atoms with E-state index < -0.39 is 5.54 Å². The maximum Gasteiger partial charge on any atom is 0.240 e. The summed E-state index contributed by atoms with van der Waals surface area (Å²) in [6, 6.07) is 9.04. The summed E-state index contributed by atoms with van der Waals surface area (Å²) in [7, 11) is 0. The molecule has 1 atom stereocenters. The molecular formula is C20H33Cl2N3O2. The number of carbonyl (C=O) groups excluding carboxylic acids is 1. The summed E-state index contributed by atoms with van der Waals surface area (Å²) in [6.45, 7) is 6.09. The Morgan fingerprint density at radius 2 is 1.89 bits per heavy atom. The van der Waals surface area contributed by atoms with Crippen LogP contribution in [0.1, 0.15) is 50.2 Å². The van der Waals surface area contributed by atoms with E-state index in [1.807, 2.05) is 6.07 Å². The first-order valence-corrected chi connectivity index (χ1v) is 9.54. The number of benzene rings is 1. The molecule has 2 fully saturated rings. The number of hydrogen-bond donors (Lipinski definition) is 2. The second kappa shape index (κ2) is 11.2. The van der Waals surface area contributed by atoms with Gasteiger partial charge in [-0.15, -0.1) is 24.8 Å². The zero-order valence-corrected chi connectivity index (χ0v) is 17.7. The van der Waals surface area contributed by atoms with Gasteiger partial charge in [0.1, 0.15) is 0 Å². The monoisotopic (exact) mass is 417 g/mol. The first-order chi connectivity index (χ1) is 12.1. The molecule has 7 heteroatoms. The van der Waals surface area contributed by atoms with Crippen LogP contribution in [-0.2, 0) is 22.6 Å². The number of amides is 1. The summed E-state index contributed by atoms with van der Waals surface area (Å²) in [5.74, 6) is -0.0584. The third kappa shape index (κ3) is 6.33. The zero-order chi connectivity index (χ0) is 17.7. The van der Waals surface area contributed by atoms with Crippen LogP contribution in [0.25, 0.3) is 0 Å². The molecule has 2 aliphatic rings. The maximum absolute atomic E-state index is 12.5. The van der Waals surface area contributed by atoms with Crippen molar-refractivity contribution in [2.24, 2.45) is 5.73 Å². The molecule has 27 heavy (non-hydrogen) atoms. The van der Waals surface area contributed by atoms with Crippen molar-refractivity contribution >= 4 is 30.7 Å². The second-order valence-electron chi connectivity index (χ2n) is 7.54. The van der Waals surface area contributed by atoms with E-state index >= 15 is 0 Å². The van der Waals surface area contributed by atoms with Crippen LogP contribution in [0.3, 0.4) is 0 Å². The number of piperidine rings is 1. The quantitative estimate of drug-likeness (QED) is 0.772. The molecule has 5 nitrogen and oxygen atoms in total. The number of rotatable bonds is 5. The second-order valence-corrected chi connectivity index (χ2v) is 7.54. The SMILES string of the molecule is CC1CCCCN1Cc1ccccc1CNC(=O)C1(N)CCOCC1.Cl.Cl. The van der Waals surface area contributed by atoms with Crippen molar-refractivity contribution in [1.82, 2.24) is 10.2 Å². The third-order valence-electron chi connectivity index (χ3n) is 5.71. The van der Waals surface area contributed by atoms with Gasteiger partial charge in [-0.25, -0.2) is 0 Å². The number of hydrogen-bond acceptors (Lipinski definition) is 4. The van der Waals surface area contributed by atoms with Crippen molar-refractivity contribution in [3.05, 3.63) is 35.4 Å². The third-order valence-corrected chi connectivity index (χ3v) is 5.71. The van der Waals surface area contributed by atoms with Crippen LogP contribution < -0.4 is 11.1 Å². The van der Waals surface area contributed by atoms with Gasteiger partial charge in [-0.05, 0) is 50.3 Å². The van der Waals surface area contributed by atoms with E-state index in [1.54, 1.807) is 0 Å². The Kier molecular flexibility index (Phi) is 10.1. The normalized spacial score (nSPS) is 22.2. The van der Waals surface area contributed by atoms with Gasteiger partial charge < -0.3 is 15.8 Å². The van der Waals surface area contributed by atoms with E-state index in [9.17, 15) is 4.79 Å². The van der Waals surface area contributed by atoms with Crippen molar-refractivity contribution in [1.29, 1.82) is 0 Å². The summed E-state index contributed by atoms with van der Waals surface area (Å²) in [6.07, 6.45) is 5.06. The highest BCUT2D eigenvalue weighted by molar-refractivity contribution is 5.86. The Morgan fingerprint density at radius 3 is 2.56 bits per heavy atom. The van der Waals surface area contributed by atoms with E-state index in [-0.39, 0.29) is 30.7 Å². The summed E-state index contributed by atoms with van der Waals surface area (Å²) >= 11 is 0.